The lowest BCUT2D eigenvalue weighted by Gasteiger charge is -2.18. The van der Waals surface area contributed by atoms with Crippen LogP contribution in [0.1, 0.15) is 10.4 Å². The summed E-state index contributed by atoms with van der Waals surface area (Å²) < 4.78 is 2.50. The van der Waals surface area contributed by atoms with Crippen molar-refractivity contribution in [2.45, 2.75) is 0 Å². The predicted octanol–water partition coefficient (Wildman–Crippen LogP) is 5.78. The molecule has 0 aliphatic heterocycles. The zero-order valence-electron chi connectivity index (χ0n) is 16.2. The molecule has 0 radical (unpaired) electrons. The van der Waals surface area contributed by atoms with Crippen molar-refractivity contribution < 1.29 is 14.7 Å². The fourth-order valence-electron chi connectivity index (χ4n) is 3.20. The smallest absolute Gasteiger partial charge is 0.409 e. The van der Waals surface area contributed by atoms with E-state index >= 15 is 0 Å². The standard InChI is InChI=1S/C22H16BrClN4O3/c1-27(17-8-4-15(24)5-9-17)21(29)14-10-18(23)20-25-11-19(28(20)12-14)13-2-6-16(7-3-13)26-22(30)31/h2-12,26H,1H3,(H,30,31). The summed E-state index contributed by atoms with van der Waals surface area (Å²) in [6.45, 7) is 0. The number of carboxylic acid groups (broad SMARTS) is 1. The molecule has 156 valence electrons. The Kier molecular flexibility index (Phi) is 5.67. The van der Waals surface area contributed by atoms with E-state index < -0.39 is 6.09 Å². The van der Waals surface area contributed by atoms with E-state index in [1.54, 1.807) is 78.9 Å². The van der Waals surface area contributed by atoms with Crippen molar-refractivity contribution in [3.8, 4) is 11.3 Å². The van der Waals surface area contributed by atoms with E-state index in [2.05, 4.69) is 26.2 Å². The van der Waals surface area contributed by atoms with Crippen molar-refractivity contribution in [3.63, 3.8) is 0 Å². The number of amides is 2. The van der Waals surface area contributed by atoms with Gasteiger partial charge in [0.15, 0.2) is 5.65 Å². The van der Waals surface area contributed by atoms with E-state index in [-0.39, 0.29) is 5.91 Å². The molecule has 9 heteroatoms. The van der Waals surface area contributed by atoms with Gasteiger partial charge in [0, 0.05) is 35.2 Å². The second-order valence-electron chi connectivity index (χ2n) is 6.76. The number of halogens is 2. The average Bonchev–Trinajstić information content (AvgIpc) is 3.18. The Bertz CT molecular complexity index is 1290. The molecule has 4 aromatic rings. The topological polar surface area (TPSA) is 86.9 Å². The molecular formula is C22H16BrClN4O3. The molecule has 0 saturated carbocycles. The molecule has 0 atom stereocenters. The van der Waals surface area contributed by atoms with Gasteiger partial charge in [0.2, 0.25) is 0 Å². The quantitative estimate of drug-likeness (QED) is 0.372. The molecule has 4 rings (SSSR count). The summed E-state index contributed by atoms with van der Waals surface area (Å²) >= 11 is 9.45. The van der Waals surface area contributed by atoms with Crippen LogP contribution in [-0.4, -0.2) is 33.5 Å². The lowest BCUT2D eigenvalue weighted by Crippen LogP contribution is -2.26. The number of carbonyl (C=O) groups excluding carboxylic acids is 1. The van der Waals surface area contributed by atoms with E-state index in [1.807, 2.05) is 4.40 Å². The van der Waals surface area contributed by atoms with Crippen LogP contribution in [-0.2, 0) is 0 Å². The number of nitrogens with zero attached hydrogens (tertiary/aromatic N) is 3. The highest BCUT2D eigenvalue weighted by Gasteiger charge is 2.18. The maximum absolute atomic E-state index is 13.1. The molecule has 2 aromatic carbocycles. The van der Waals surface area contributed by atoms with Crippen LogP contribution >= 0.6 is 27.5 Å². The lowest BCUT2D eigenvalue weighted by atomic mass is 10.1. The van der Waals surface area contributed by atoms with E-state index in [9.17, 15) is 9.59 Å². The summed E-state index contributed by atoms with van der Waals surface area (Å²) in [6.07, 6.45) is 2.32. The number of nitrogens with one attached hydrogen (secondary N) is 1. The third kappa shape index (κ3) is 4.26. The largest absolute Gasteiger partial charge is 0.465 e. The minimum Gasteiger partial charge on any atom is -0.465 e. The first-order valence-corrected chi connectivity index (χ1v) is 10.3. The van der Waals surface area contributed by atoms with Crippen molar-refractivity contribution in [2.24, 2.45) is 0 Å². The maximum atomic E-state index is 13.1. The van der Waals surface area contributed by atoms with Crippen molar-refractivity contribution in [1.29, 1.82) is 0 Å². The van der Waals surface area contributed by atoms with Gasteiger partial charge in [0.25, 0.3) is 5.91 Å². The van der Waals surface area contributed by atoms with Crippen LogP contribution in [0.15, 0.2) is 71.5 Å². The van der Waals surface area contributed by atoms with Crippen molar-refractivity contribution >= 4 is 56.6 Å². The Morgan fingerprint density at radius 1 is 1.13 bits per heavy atom. The van der Waals surface area contributed by atoms with E-state index in [0.717, 1.165) is 16.9 Å². The molecule has 0 fully saturated rings. The first-order valence-electron chi connectivity index (χ1n) is 9.14. The molecule has 0 aliphatic rings. The molecule has 0 unspecified atom stereocenters. The zero-order chi connectivity index (χ0) is 22.1. The minimum atomic E-state index is -1.13. The Morgan fingerprint density at radius 2 is 1.81 bits per heavy atom. The molecular weight excluding hydrogens is 484 g/mol. The molecule has 0 bridgehead atoms. The van der Waals surface area contributed by atoms with Crippen molar-refractivity contribution in [3.05, 3.63) is 82.0 Å². The number of fused-ring (bicyclic) bond motifs is 1. The number of rotatable bonds is 4. The number of anilines is 2. The molecule has 2 heterocycles. The van der Waals surface area contributed by atoms with Crippen LogP contribution in [0.5, 0.6) is 0 Å². The molecule has 2 N–H and O–H groups in total. The maximum Gasteiger partial charge on any atom is 0.409 e. The summed E-state index contributed by atoms with van der Waals surface area (Å²) in [4.78, 5) is 29.9. The second kappa shape index (κ2) is 8.41. The third-order valence-corrected chi connectivity index (χ3v) is 5.59. The van der Waals surface area contributed by atoms with Crippen molar-refractivity contribution in [2.75, 3.05) is 17.3 Å². The number of benzene rings is 2. The fraction of sp³-hybridized carbons (Fsp3) is 0.0455. The first-order chi connectivity index (χ1) is 14.8. The molecule has 31 heavy (non-hydrogen) atoms. The van der Waals surface area contributed by atoms with E-state index in [1.165, 1.54) is 0 Å². The number of imidazole rings is 1. The molecule has 2 amide bonds. The lowest BCUT2D eigenvalue weighted by molar-refractivity contribution is 0.0992. The van der Waals surface area contributed by atoms with Gasteiger partial charge in [-0.3, -0.25) is 14.5 Å². The summed E-state index contributed by atoms with van der Waals surface area (Å²) in [5.41, 5.74) is 3.91. The number of hydrogen-bond acceptors (Lipinski definition) is 3. The van der Waals surface area contributed by atoms with Gasteiger partial charge in [0.1, 0.15) is 0 Å². The highest BCUT2D eigenvalue weighted by Crippen LogP contribution is 2.28. The van der Waals surface area contributed by atoms with Gasteiger partial charge < -0.3 is 10.0 Å². The summed E-state index contributed by atoms with van der Waals surface area (Å²) in [5.74, 6) is -0.189. The molecule has 0 aliphatic carbocycles. The zero-order valence-corrected chi connectivity index (χ0v) is 18.6. The van der Waals surface area contributed by atoms with E-state index in [4.69, 9.17) is 16.7 Å². The van der Waals surface area contributed by atoms with Gasteiger partial charge in [-0.1, -0.05) is 23.7 Å². The second-order valence-corrected chi connectivity index (χ2v) is 8.05. The van der Waals surface area contributed by atoms with E-state index in [0.29, 0.717) is 26.4 Å². The minimum absolute atomic E-state index is 0.189. The summed E-state index contributed by atoms with van der Waals surface area (Å²) in [7, 11) is 1.70. The number of pyridine rings is 1. The number of hydrogen-bond donors (Lipinski definition) is 2. The third-order valence-electron chi connectivity index (χ3n) is 4.76. The molecule has 7 nitrogen and oxygen atoms in total. The van der Waals surface area contributed by atoms with Crippen LogP contribution in [0, 0.1) is 0 Å². The van der Waals surface area contributed by atoms with Crippen LogP contribution in [0.4, 0.5) is 16.2 Å². The van der Waals surface area contributed by atoms with Crippen LogP contribution in [0.25, 0.3) is 16.9 Å². The summed E-state index contributed by atoms with van der Waals surface area (Å²) in [5, 5.41) is 11.7. The Balaban J connectivity index is 1.71. The predicted molar refractivity (Wildman–Crippen MR) is 124 cm³/mol. The SMILES string of the molecule is CN(C(=O)c1cc(Br)c2ncc(-c3ccc(NC(=O)O)cc3)n2c1)c1ccc(Cl)cc1. The highest BCUT2D eigenvalue weighted by atomic mass is 79.9. The normalized spacial score (nSPS) is 10.8. The molecule has 2 aromatic heterocycles. The van der Waals surface area contributed by atoms with Crippen LogP contribution in [0.2, 0.25) is 5.02 Å². The highest BCUT2D eigenvalue weighted by molar-refractivity contribution is 9.10. The Morgan fingerprint density at radius 3 is 2.45 bits per heavy atom. The molecule has 0 spiro atoms. The van der Waals surface area contributed by atoms with Crippen molar-refractivity contribution in [1.82, 2.24) is 9.38 Å². The van der Waals surface area contributed by atoms with Gasteiger partial charge in [-0.15, -0.1) is 0 Å². The number of carbonyl (C=O) groups is 2. The van der Waals surface area contributed by atoms with Gasteiger partial charge in [0.05, 0.1) is 21.9 Å². The first kappa shape index (κ1) is 20.9. The Hall–Kier alpha value is -3.36. The van der Waals surface area contributed by atoms with Crippen LogP contribution < -0.4 is 10.2 Å². The van der Waals surface area contributed by atoms with Gasteiger partial charge >= 0.3 is 6.09 Å². The van der Waals surface area contributed by atoms with Crippen LogP contribution in [0.3, 0.4) is 0 Å². The summed E-state index contributed by atoms with van der Waals surface area (Å²) in [6, 6.07) is 15.7. The molecule has 0 saturated heterocycles. The average molecular weight is 500 g/mol. The monoisotopic (exact) mass is 498 g/mol. The van der Waals surface area contributed by atoms with Gasteiger partial charge in [-0.05, 0) is 58.4 Å². The van der Waals surface area contributed by atoms with Gasteiger partial charge in [-0.25, -0.2) is 9.78 Å². The fourth-order valence-corrected chi connectivity index (χ4v) is 3.87. The van der Waals surface area contributed by atoms with Gasteiger partial charge in [-0.2, -0.15) is 0 Å². The Labute approximate surface area is 191 Å². The number of aromatic nitrogens is 2.